The third-order valence-electron chi connectivity index (χ3n) is 3.48. The lowest BCUT2D eigenvalue weighted by atomic mass is 10.1. The maximum atomic E-state index is 12.2. The number of nitrogens with zero attached hydrogens (tertiary/aromatic N) is 1. The van der Waals surface area contributed by atoms with Crippen molar-refractivity contribution >= 4 is 23.4 Å². The molecule has 0 saturated carbocycles. The number of aromatic nitrogens is 1. The molecule has 2 N–H and O–H groups in total. The molecule has 0 fully saturated rings. The van der Waals surface area contributed by atoms with Gasteiger partial charge in [-0.2, -0.15) is 0 Å². The Bertz CT molecular complexity index is 783. The number of ether oxygens (including phenoxy) is 2. The van der Waals surface area contributed by atoms with E-state index in [2.05, 4.69) is 15.6 Å². The summed E-state index contributed by atoms with van der Waals surface area (Å²) in [5.74, 6) is 0.348. The van der Waals surface area contributed by atoms with E-state index in [0.29, 0.717) is 40.9 Å². The third-order valence-corrected chi connectivity index (χ3v) is 3.76. The van der Waals surface area contributed by atoms with E-state index >= 15 is 0 Å². The summed E-state index contributed by atoms with van der Waals surface area (Å²) >= 11 is 6.11. The van der Waals surface area contributed by atoms with Crippen molar-refractivity contribution in [2.24, 2.45) is 0 Å². The maximum Gasteiger partial charge on any atom is 0.252 e. The molecule has 2 aromatic rings. The number of pyridine rings is 1. The van der Waals surface area contributed by atoms with Crippen LogP contribution < -0.4 is 20.1 Å². The van der Waals surface area contributed by atoms with E-state index in [0.717, 1.165) is 0 Å². The highest BCUT2D eigenvalue weighted by molar-refractivity contribution is 6.32. The highest BCUT2D eigenvalue weighted by atomic mass is 35.5. The van der Waals surface area contributed by atoms with Crippen molar-refractivity contribution in [2.45, 2.75) is 0 Å². The minimum absolute atomic E-state index is 0.246. The van der Waals surface area contributed by atoms with E-state index in [1.165, 1.54) is 12.3 Å². The molecule has 1 aromatic heterocycles. The van der Waals surface area contributed by atoms with Gasteiger partial charge >= 0.3 is 0 Å². The molecule has 0 saturated heterocycles. The third kappa shape index (κ3) is 4.19. The fourth-order valence-electron chi connectivity index (χ4n) is 2.30. The molecule has 0 aliphatic carbocycles. The number of hydrogen-bond donors (Lipinski definition) is 2. The molecule has 130 valence electrons. The second kappa shape index (κ2) is 7.85. The predicted molar refractivity (Wildman–Crippen MR) is 91.3 cm³/mol. The van der Waals surface area contributed by atoms with Gasteiger partial charge in [0.2, 0.25) is 0 Å². The largest absolute Gasteiger partial charge is 0.486 e. The van der Waals surface area contributed by atoms with Gasteiger partial charge in [0.05, 0.1) is 10.6 Å². The van der Waals surface area contributed by atoms with Gasteiger partial charge in [0.25, 0.3) is 11.8 Å². The predicted octanol–water partition coefficient (Wildman–Crippen LogP) is 1.67. The number of carbonyl (C=O) groups excluding carboxylic acids is 2. The summed E-state index contributed by atoms with van der Waals surface area (Å²) in [5, 5.41) is 5.74. The van der Waals surface area contributed by atoms with E-state index in [1.807, 2.05) is 0 Å². The van der Waals surface area contributed by atoms with Gasteiger partial charge in [-0.25, -0.2) is 0 Å². The first-order valence-corrected chi connectivity index (χ1v) is 8.08. The monoisotopic (exact) mass is 361 g/mol. The van der Waals surface area contributed by atoms with Crippen LogP contribution in [0.1, 0.15) is 20.7 Å². The highest BCUT2D eigenvalue weighted by Crippen LogP contribution is 2.38. The van der Waals surface area contributed by atoms with Crippen LogP contribution >= 0.6 is 11.6 Å². The Kier molecular flexibility index (Phi) is 5.35. The molecule has 1 aromatic carbocycles. The standard InChI is InChI=1S/C17H16ClN3O4/c18-13-8-12(9-14-15(13)25-7-6-24-14)17(23)21-5-4-20-16(22)11-2-1-3-19-10-11/h1-3,8-10H,4-7H2,(H,20,22)(H,21,23). The van der Waals surface area contributed by atoms with Gasteiger partial charge in [0.1, 0.15) is 13.2 Å². The number of nitrogens with one attached hydrogen (secondary N) is 2. The van der Waals surface area contributed by atoms with Crippen molar-refractivity contribution in [1.82, 2.24) is 15.6 Å². The lowest BCUT2D eigenvalue weighted by molar-refractivity contribution is 0.0927. The summed E-state index contributed by atoms with van der Waals surface area (Å²) in [6.07, 6.45) is 3.07. The average Bonchev–Trinajstić information content (AvgIpc) is 2.65. The molecule has 0 atom stereocenters. The van der Waals surface area contributed by atoms with Gasteiger partial charge in [-0.05, 0) is 24.3 Å². The van der Waals surface area contributed by atoms with E-state index in [1.54, 1.807) is 24.4 Å². The van der Waals surface area contributed by atoms with Gasteiger partial charge in [-0.3, -0.25) is 14.6 Å². The second-order valence-corrected chi connectivity index (χ2v) is 5.64. The Morgan fingerprint density at radius 2 is 1.80 bits per heavy atom. The maximum absolute atomic E-state index is 12.2. The molecular weight excluding hydrogens is 346 g/mol. The second-order valence-electron chi connectivity index (χ2n) is 5.24. The summed E-state index contributed by atoms with van der Waals surface area (Å²) in [5.41, 5.74) is 0.834. The molecule has 2 heterocycles. The fourth-order valence-corrected chi connectivity index (χ4v) is 2.56. The highest BCUT2D eigenvalue weighted by Gasteiger charge is 2.19. The zero-order chi connectivity index (χ0) is 17.6. The molecule has 1 aliphatic rings. The summed E-state index contributed by atoms with van der Waals surface area (Å²) in [4.78, 5) is 27.9. The minimum Gasteiger partial charge on any atom is -0.486 e. The molecule has 0 radical (unpaired) electrons. The summed E-state index contributed by atoms with van der Waals surface area (Å²) < 4.78 is 10.9. The lowest BCUT2D eigenvalue weighted by Crippen LogP contribution is -2.34. The van der Waals surface area contributed by atoms with Gasteiger partial charge in [0.15, 0.2) is 11.5 Å². The van der Waals surface area contributed by atoms with Crippen molar-refractivity contribution in [3.8, 4) is 11.5 Å². The number of amides is 2. The van der Waals surface area contributed by atoms with Crippen LogP contribution in [0.3, 0.4) is 0 Å². The SMILES string of the molecule is O=C(NCCNC(=O)c1cc(Cl)c2c(c1)OCCO2)c1cccnc1. The Morgan fingerprint density at radius 3 is 2.52 bits per heavy atom. The van der Waals surface area contributed by atoms with Crippen molar-refractivity contribution in [1.29, 1.82) is 0 Å². The molecule has 0 spiro atoms. The number of rotatable bonds is 5. The molecule has 2 amide bonds. The van der Waals surface area contributed by atoms with Crippen molar-refractivity contribution in [3.63, 3.8) is 0 Å². The Labute approximate surface area is 149 Å². The van der Waals surface area contributed by atoms with Gasteiger partial charge in [0, 0.05) is 31.0 Å². The normalized spacial score (nSPS) is 12.4. The van der Waals surface area contributed by atoms with Crippen LogP contribution in [0.25, 0.3) is 0 Å². The van der Waals surface area contributed by atoms with Crippen LogP contribution in [-0.4, -0.2) is 43.1 Å². The van der Waals surface area contributed by atoms with E-state index in [9.17, 15) is 9.59 Å². The first-order chi connectivity index (χ1) is 12.1. The summed E-state index contributed by atoms with van der Waals surface area (Å²) in [7, 11) is 0. The van der Waals surface area contributed by atoms with Crippen LogP contribution in [0.4, 0.5) is 0 Å². The van der Waals surface area contributed by atoms with Crippen molar-refractivity contribution in [2.75, 3.05) is 26.3 Å². The Balaban J connectivity index is 1.51. The topological polar surface area (TPSA) is 89.6 Å². The fraction of sp³-hybridized carbons (Fsp3) is 0.235. The molecule has 25 heavy (non-hydrogen) atoms. The number of hydrogen-bond acceptors (Lipinski definition) is 5. The molecule has 7 nitrogen and oxygen atoms in total. The van der Waals surface area contributed by atoms with E-state index in [4.69, 9.17) is 21.1 Å². The van der Waals surface area contributed by atoms with Crippen LogP contribution in [0.5, 0.6) is 11.5 Å². The number of benzene rings is 1. The average molecular weight is 362 g/mol. The quantitative estimate of drug-likeness (QED) is 0.791. The van der Waals surface area contributed by atoms with Crippen LogP contribution in [0, 0.1) is 0 Å². The molecule has 0 bridgehead atoms. The number of carbonyl (C=O) groups is 2. The van der Waals surface area contributed by atoms with Gasteiger partial charge in [-0.15, -0.1) is 0 Å². The van der Waals surface area contributed by atoms with E-state index in [-0.39, 0.29) is 24.9 Å². The minimum atomic E-state index is -0.311. The van der Waals surface area contributed by atoms with Crippen LogP contribution in [0.2, 0.25) is 5.02 Å². The van der Waals surface area contributed by atoms with Gasteiger partial charge in [-0.1, -0.05) is 11.6 Å². The zero-order valence-electron chi connectivity index (χ0n) is 13.3. The number of fused-ring (bicyclic) bond motifs is 1. The molecular formula is C17H16ClN3O4. The summed E-state index contributed by atoms with van der Waals surface area (Å²) in [6, 6.07) is 6.46. The van der Waals surface area contributed by atoms with Gasteiger partial charge < -0.3 is 20.1 Å². The van der Waals surface area contributed by atoms with Crippen molar-refractivity contribution < 1.29 is 19.1 Å². The first kappa shape index (κ1) is 17.0. The smallest absolute Gasteiger partial charge is 0.252 e. The van der Waals surface area contributed by atoms with Crippen LogP contribution in [0.15, 0.2) is 36.7 Å². The molecule has 8 heteroatoms. The number of halogens is 1. The molecule has 0 unspecified atom stereocenters. The molecule has 1 aliphatic heterocycles. The molecule has 3 rings (SSSR count). The summed E-state index contributed by atoms with van der Waals surface area (Å²) in [6.45, 7) is 1.40. The van der Waals surface area contributed by atoms with Crippen LogP contribution in [-0.2, 0) is 0 Å². The zero-order valence-corrected chi connectivity index (χ0v) is 14.0. The lowest BCUT2D eigenvalue weighted by Gasteiger charge is -2.20. The van der Waals surface area contributed by atoms with Crippen molar-refractivity contribution in [3.05, 3.63) is 52.8 Å². The Hall–Kier alpha value is -2.80. The van der Waals surface area contributed by atoms with E-state index < -0.39 is 0 Å². The first-order valence-electron chi connectivity index (χ1n) is 7.71. The Morgan fingerprint density at radius 1 is 1.08 bits per heavy atom.